The van der Waals surface area contributed by atoms with E-state index in [0.29, 0.717) is 19.0 Å². The smallest absolute Gasteiger partial charge is 0.315 e. The summed E-state index contributed by atoms with van der Waals surface area (Å²) in [6, 6.07) is 11.3. The molecule has 28 heavy (non-hydrogen) atoms. The van der Waals surface area contributed by atoms with Gasteiger partial charge in [-0.15, -0.1) is 0 Å². The van der Waals surface area contributed by atoms with Gasteiger partial charge in [0, 0.05) is 30.9 Å². The van der Waals surface area contributed by atoms with E-state index >= 15 is 0 Å². The first kappa shape index (κ1) is 21.5. The van der Waals surface area contributed by atoms with Gasteiger partial charge >= 0.3 is 6.03 Å². The molecular formula is C21H30N4O3. The van der Waals surface area contributed by atoms with E-state index in [2.05, 4.69) is 20.5 Å². The Morgan fingerprint density at radius 2 is 1.89 bits per heavy atom. The van der Waals surface area contributed by atoms with Crippen LogP contribution in [0.25, 0.3) is 0 Å². The lowest BCUT2D eigenvalue weighted by molar-refractivity contribution is 0.231. The molecule has 1 atom stereocenters. The molecule has 152 valence electrons. The van der Waals surface area contributed by atoms with Gasteiger partial charge in [0.15, 0.2) is 0 Å². The van der Waals surface area contributed by atoms with Crippen molar-refractivity contribution < 1.29 is 14.3 Å². The van der Waals surface area contributed by atoms with Crippen LogP contribution in [0.4, 0.5) is 4.79 Å². The van der Waals surface area contributed by atoms with E-state index in [-0.39, 0.29) is 18.2 Å². The van der Waals surface area contributed by atoms with Crippen molar-refractivity contribution in [1.82, 2.24) is 20.5 Å². The Morgan fingerprint density at radius 1 is 1.14 bits per heavy atom. The molecule has 0 aliphatic carbocycles. The maximum absolute atomic E-state index is 12.2. The van der Waals surface area contributed by atoms with Gasteiger partial charge in [0.05, 0.1) is 19.3 Å². The Kier molecular flexibility index (Phi) is 8.07. The number of para-hydroxylation sites is 1. The second-order valence-electron chi connectivity index (χ2n) is 6.96. The molecule has 7 nitrogen and oxygen atoms in total. The molecule has 0 aliphatic rings. The fourth-order valence-corrected chi connectivity index (χ4v) is 2.77. The highest BCUT2D eigenvalue weighted by atomic mass is 16.5. The van der Waals surface area contributed by atoms with Crippen molar-refractivity contribution in [2.45, 2.75) is 32.5 Å². The van der Waals surface area contributed by atoms with Crippen LogP contribution in [0.2, 0.25) is 0 Å². The van der Waals surface area contributed by atoms with Crippen molar-refractivity contribution in [1.29, 1.82) is 0 Å². The Hall–Kier alpha value is -2.80. The zero-order valence-corrected chi connectivity index (χ0v) is 17.2. The van der Waals surface area contributed by atoms with E-state index in [9.17, 15) is 4.79 Å². The molecule has 1 heterocycles. The third-order valence-electron chi connectivity index (χ3n) is 4.18. The molecule has 0 fully saturated rings. The number of pyridine rings is 1. The van der Waals surface area contributed by atoms with E-state index in [1.165, 1.54) is 0 Å². The summed E-state index contributed by atoms with van der Waals surface area (Å²) in [5.74, 6) is 1.38. The van der Waals surface area contributed by atoms with Crippen molar-refractivity contribution in [2.24, 2.45) is 0 Å². The maximum Gasteiger partial charge on any atom is 0.315 e. The largest absolute Gasteiger partial charge is 0.496 e. The highest BCUT2D eigenvalue weighted by Gasteiger charge is 2.18. The van der Waals surface area contributed by atoms with E-state index in [4.69, 9.17) is 9.47 Å². The number of nitrogens with one attached hydrogen (secondary N) is 2. The van der Waals surface area contributed by atoms with Gasteiger partial charge in [-0.05, 0) is 39.6 Å². The Balaban J connectivity index is 1.88. The minimum absolute atomic E-state index is 0.00367. The highest BCUT2D eigenvalue weighted by Crippen LogP contribution is 2.27. The summed E-state index contributed by atoms with van der Waals surface area (Å²) in [5.41, 5.74) is 1.93. The first-order chi connectivity index (χ1) is 13.4. The second kappa shape index (κ2) is 10.5. The zero-order valence-electron chi connectivity index (χ0n) is 17.2. The number of likely N-dealkylation sites (N-methyl/N-ethyl adjacent to an activating group) is 1. The Bertz CT molecular complexity index is 748. The van der Waals surface area contributed by atoms with Crippen molar-refractivity contribution in [3.63, 3.8) is 0 Å². The van der Waals surface area contributed by atoms with Gasteiger partial charge in [-0.2, -0.15) is 0 Å². The van der Waals surface area contributed by atoms with Crippen LogP contribution in [0.3, 0.4) is 0 Å². The van der Waals surface area contributed by atoms with E-state index in [1.54, 1.807) is 19.4 Å². The average Bonchev–Trinajstić information content (AvgIpc) is 2.67. The van der Waals surface area contributed by atoms with Crippen LogP contribution in [0.1, 0.15) is 31.0 Å². The molecule has 1 unspecified atom stereocenters. The summed E-state index contributed by atoms with van der Waals surface area (Å²) in [7, 11) is 5.60. The van der Waals surface area contributed by atoms with Crippen LogP contribution < -0.4 is 20.1 Å². The number of aromatic nitrogens is 1. The van der Waals surface area contributed by atoms with Crippen molar-refractivity contribution in [3.8, 4) is 11.6 Å². The number of carbonyl (C=O) groups is 1. The number of nitrogens with zero attached hydrogens (tertiary/aromatic N) is 2. The number of amides is 2. The van der Waals surface area contributed by atoms with Crippen LogP contribution >= 0.6 is 0 Å². The molecular weight excluding hydrogens is 356 g/mol. The van der Waals surface area contributed by atoms with E-state index in [0.717, 1.165) is 16.9 Å². The van der Waals surface area contributed by atoms with Crippen LogP contribution in [0.15, 0.2) is 42.6 Å². The number of urea groups is 1. The average molecular weight is 386 g/mol. The number of rotatable bonds is 9. The topological polar surface area (TPSA) is 75.7 Å². The predicted octanol–water partition coefficient (Wildman–Crippen LogP) is 2.98. The molecule has 2 aromatic rings. The summed E-state index contributed by atoms with van der Waals surface area (Å²) in [6.07, 6.45) is 1.78. The lowest BCUT2D eigenvalue weighted by atomic mass is 10.0. The molecule has 0 spiro atoms. The summed E-state index contributed by atoms with van der Waals surface area (Å²) >= 11 is 0. The van der Waals surface area contributed by atoms with Crippen LogP contribution in [0, 0.1) is 0 Å². The fourth-order valence-electron chi connectivity index (χ4n) is 2.77. The van der Waals surface area contributed by atoms with Gasteiger partial charge in [0.2, 0.25) is 5.88 Å². The normalized spacial score (nSPS) is 12.0. The van der Waals surface area contributed by atoms with Crippen molar-refractivity contribution >= 4 is 6.03 Å². The number of carbonyl (C=O) groups excluding carboxylic acids is 1. The zero-order chi connectivity index (χ0) is 20.5. The van der Waals surface area contributed by atoms with Crippen LogP contribution in [0.5, 0.6) is 11.6 Å². The molecule has 2 N–H and O–H groups in total. The molecule has 2 amide bonds. The predicted molar refractivity (Wildman–Crippen MR) is 110 cm³/mol. The molecule has 2 rings (SSSR count). The number of benzene rings is 1. The first-order valence-electron chi connectivity index (χ1n) is 9.33. The monoisotopic (exact) mass is 386 g/mol. The molecule has 1 aromatic heterocycles. The van der Waals surface area contributed by atoms with Crippen LogP contribution in [-0.4, -0.2) is 49.8 Å². The van der Waals surface area contributed by atoms with Gasteiger partial charge in [0.1, 0.15) is 5.75 Å². The van der Waals surface area contributed by atoms with Crippen molar-refractivity contribution in [3.05, 3.63) is 53.7 Å². The summed E-state index contributed by atoms with van der Waals surface area (Å²) in [6.45, 7) is 4.75. The molecule has 0 bridgehead atoms. The highest BCUT2D eigenvalue weighted by molar-refractivity contribution is 5.73. The van der Waals surface area contributed by atoms with E-state index in [1.807, 2.05) is 58.3 Å². The minimum Gasteiger partial charge on any atom is -0.496 e. The second-order valence-corrected chi connectivity index (χ2v) is 6.96. The summed E-state index contributed by atoms with van der Waals surface area (Å²) in [4.78, 5) is 18.5. The first-order valence-corrected chi connectivity index (χ1v) is 9.33. The Labute approximate surface area is 167 Å². The fraction of sp³-hybridized carbons (Fsp3) is 0.429. The SMILES string of the molecule is COc1ccccc1C(CNC(=O)NCc1ccc(OC(C)C)nc1)N(C)C. The van der Waals surface area contributed by atoms with Crippen molar-refractivity contribution in [2.75, 3.05) is 27.7 Å². The minimum atomic E-state index is -0.232. The number of hydrogen-bond acceptors (Lipinski definition) is 5. The maximum atomic E-state index is 12.2. The third-order valence-corrected chi connectivity index (χ3v) is 4.18. The Morgan fingerprint density at radius 3 is 2.50 bits per heavy atom. The number of ether oxygens (including phenoxy) is 2. The molecule has 1 aromatic carbocycles. The quantitative estimate of drug-likeness (QED) is 0.693. The summed E-state index contributed by atoms with van der Waals surface area (Å²) in [5, 5.41) is 5.78. The van der Waals surface area contributed by atoms with Gasteiger partial charge in [-0.1, -0.05) is 24.3 Å². The molecule has 0 radical (unpaired) electrons. The van der Waals surface area contributed by atoms with Gasteiger partial charge in [0.25, 0.3) is 0 Å². The lowest BCUT2D eigenvalue weighted by Gasteiger charge is -2.26. The molecule has 7 heteroatoms. The lowest BCUT2D eigenvalue weighted by Crippen LogP contribution is -2.40. The molecule has 0 aliphatic heterocycles. The van der Waals surface area contributed by atoms with Gasteiger partial charge in [-0.25, -0.2) is 9.78 Å². The van der Waals surface area contributed by atoms with Crippen LogP contribution in [-0.2, 0) is 6.54 Å². The van der Waals surface area contributed by atoms with E-state index < -0.39 is 0 Å². The molecule has 0 saturated carbocycles. The standard InChI is InChI=1S/C21H30N4O3/c1-15(2)28-20-11-10-16(12-22-20)13-23-21(26)24-14-18(25(3)4)17-8-6-7-9-19(17)27-5/h6-12,15,18H,13-14H2,1-5H3,(H2,23,24,26). The third kappa shape index (κ3) is 6.42. The number of hydrogen-bond donors (Lipinski definition) is 2. The summed E-state index contributed by atoms with van der Waals surface area (Å²) < 4.78 is 11.0. The van der Waals surface area contributed by atoms with Gasteiger partial charge < -0.3 is 25.0 Å². The van der Waals surface area contributed by atoms with Gasteiger partial charge in [-0.3, -0.25) is 0 Å². The molecule has 0 saturated heterocycles. The number of methoxy groups -OCH3 is 1.